The first-order valence-corrected chi connectivity index (χ1v) is 6.42. The van der Waals surface area contributed by atoms with Gasteiger partial charge in [0.1, 0.15) is 0 Å². The molecule has 3 heteroatoms. The van der Waals surface area contributed by atoms with Crippen LogP contribution in [0.2, 0.25) is 0 Å². The number of rotatable bonds is 2. The molecule has 0 saturated carbocycles. The van der Waals surface area contributed by atoms with Crippen LogP contribution in [0.1, 0.15) is 41.5 Å². The van der Waals surface area contributed by atoms with Crippen LogP contribution in [0.3, 0.4) is 0 Å². The molecule has 0 amide bonds. The number of aromatic nitrogens is 2. The van der Waals surface area contributed by atoms with Gasteiger partial charge in [-0.2, -0.15) is 0 Å². The molecule has 1 aromatic carbocycles. The average molecular weight is 240 g/mol. The van der Waals surface area contributed by atoms with Crippen LogP contribution in [0.15, 0.2) is 30.6 Å². The second kappa shape index (κ2) is 4.41. The van der Waals surface area contributed by atoms with Crippen LogP contribution >= 0.6 is 0 Å². The molecular formula is C15H16N2O. The average Bonchev–Trinajstić information content (AvgIpc) is 2.82. The van der Waals surface area contributed by atoms with Crippen molar-refractivity contribution in [1.29, 1.82) is 0 Å². The topological polar surface area (TPSA) is 34.9 Å². The van der Waals surface area contributed by atoms with Gasteiger partial charge in [0.05, 0.1) is 12.0 Å². The lowest BCUT2D eigenvalue weighted by Gasteiger charge is -2.14. The summed E-state index contributed by atoms with van der Waals surface area (Å²) in [7, 11) is 0. The van der Waals surface area contributed by atoms with Crippen molar-refractivity contribution < 1.29 is 4.79 Å². The molecule has 1 aliphatic carbocycles. The number of fused-ring (bicyclic) bond motifs is 1. The number of nitrogens with zero attached hydrogens (tertiary/aromatic N) is 2. The highest BCUT2D eigenvalue weighted by molar-refractivity contribution is 5.94. The molecule has 3 rings (SSSR count). The van der Waals surface area contributed by atoms with Crippen LogP contribution in [0.25, 0.3) is 5.69 Å². The first-order valence-electron chi connectivity index (χ1n) is 6.42. The quantitative estimate of drug-likeness (QED) is 0.756. The number of hydrogen-bond donors (Lipinski definition) is 0. The Kier molecular flexibility index (Phi) is 2.74. The van der Waals surface area contributed by atoms with Crippen LogP contribution in [0.5, 0.6) is 0 Å². The molecule has 0 saturated heterocycles. The van der Waals surface area contributed by atoms with Crippen LogP contribution in [-0.2, 0) is 12.8 Å². The van der Waals surface area contributed by atoms with Gasteiger partial charge >= 0.3 is 0 Å². The minimum atomic E-state index is 0.106. The Balaban J connectivity index is 1.99. The number of benzene rings is 1. The van der Waals surface area contributed by atoms with Crippen molar-refractivity contribution in [3.8, 4) is 5.69 Å². The second-order valence-corrected chi connectivity index (χ2v) is 4.82. The summed E-state index contributed by atoms with van der Waals surface area (Å²) in [5.74, 6) is 0.106. The Hall–Kier alpha value is -1.90. The molecule has 0 atom stereocenters. The van der Waals surface area contributed by atoms with Crippen LogP contribution < -0.4 is 0 Å². The van der Waals surface area contributed by atoms with Crippen LogP contribution in [-0.4, -0.2) is 15.3 Å². The highest BCUT2D eigenvalue weighted by Gasteiger charge is 2.15. The lowest BCUT2D eigenvalue weighted by atomic mass is 10.0. The fraction of sp³-hybridized carbons (Fsp3) is 0.333. The summed E-state index contributed by atoms with van der Waals surface area (Å²) >= 11 is 0. The molecular weight excluding hydrogens is 224 g/mol. The molecule has 1 aromatic heterocycles. The summed E-state index contributed by atoms with van der Waals surface area (Å²) in [5, 5.41) is 0. The summed E-state index contributed by atoms with van der Waals surface area (Å²) in [6, 6.07) is 7.75. The summed E-state index contributed by atoms with van der Waals surface area (Å²) in [4.78, 5) is 15.7. The molecule has 0 N–H and O–H groups in total. The minimum Gasteiger partial charge on any atom is -0.303 e. The molecule has 0 aliphatic heterocycles. The number of aryl methyl sites for hydroxylation is 1. The van der Waals surface area contributed by atoms with Gasteiger partial charge in [-0.15, -0.1) is 0 Å². The summed E-state index contributed by atoms with van der Waals surface area (Å²) in [5.41, 5.74) is 4.41. The van der Waals surface area contributed by atoms with E-state index < -0.39 is 0 Å². The monoisotopic (exact) mass is 240 g/mol. The van der Waals surface area contributed by atoms with E-state index in [9.17, 15) is 4.79 Å². The maximum absolute atomic E-state index is 11.3. The predicted octanol–water partition coefficient (Wildman–Crippen LogP) is 2.95. The van der Waals surface area contributed by atoms with E-state index in [-0.39, 0.29) is 5.78 Å². The third kappa shape index (κ3) is 1.86. The van der Waals surface area contributed by atoms with E-state index in [1.807, 2.05) is 30.6 Å². The molecule has 18 heavy (non-hydrogen) atoms. The zero-order valence-corrected chi connectivity index (χ0v) is 10.5. The van der Waals surface area contributed by atoms with Gasteiger partial charge in [-0.3, -0.25) is 4.79 Å². The summed E-state index contributed by atoms with van der Waals surface area (Å²) in [6.45, 7) is 1.59. The highest BCUT2D eigenvalue weighted by atomic mass is 16.1. The van der Waals surface area contributed by atoms with Gasteiger partial charge in [-0.25, -0.2) is 4.98 Å². The molecule has 0 unspecified atom stereocenters. The van der Waals surface area contributed by atoms with Crippen molar-refractivity contribution in [2.75, 3.05) is 0 Å². The van der Waals surface area contributed by atoms with Gasteiger partial charge < -0.3 is 4.57 Å². The number of carbonyl (C=O) groups is 1. The number of ketones is 1. The third-order valence-corrected chi connectivity index (χ3v) is 3.58. The van der Waals surface area contributed by atoms with Gasteiger partial charge in [0, 0.05) is 16.9 Å². The first-order chi connectivity index (χ1) is 8.75. The van der Waals surface area contributed by atoms with Gasteiger partial charge in [0.25, 0.3) is 0 Å². The highest BCUT2D eigenvalue weighted by Crippen LogP contribution is 2.23. The smallest absolute Gasteiger partial charge is 0.159 e. The molecule has 2 aromatic rings. The molecule has 0 fully saturated rings. The van der Waals surface area contributed by atoms with E-state index in [2.05, 4.69) is 9.55 Å². The SMILES string of the molecule is CC(=O)c1ccc(-n2cnc3c2CCCC3)cc1. The Labute approximate surface area is 106 Å². The third-order valence-electron chi connectivity index (χ3n) is 3.58. The number of imidazole rings is 1. The van der Waals surface area contributed by atoms with Crippen molar-refractivity contribution in [3.63, 3.8) is 0 Å². The lowest BCUT2D eigenvalue weighted by Crippen LogP contribution is -2.07. The molecule has 0 spiro atoms. The van der Waals surface area contributed by atoms with Crippen molar-refractivity contribution >= 4 is 5.78 Å². The summed E-state index contributed by atoms with van der Waals surface area (Å²) in [6.07, 6.45) is 6.58. The Bertz CT molecular complexity index is 581. The lowest BCUT2D eigenvalue weighted by molar-refractivity contribution is 0.101. The number of Topliss-reactive ketones (excluding diaryl/α,β-unsaturated/α-hetero) is 1. The van der Waals surface area contributed by atoms with E-state index >= 15 is 0 Å². The van der Waals surface area contributed by atoms with Crippen molar-refractivity contribution in [3.05, 3.63) is 47.5 Å². The fourth-order valence-corrected chi connectivity index (χ4v) is 2.55. The Morgan fingerprint density at radius 1 is 1.17 bits per heavy atom. The van der Waals surface area contributed by atoms with E-state index in [0.717, 1.165) is 24.1 Å². The van der Waals surface area contributed by atoms with Crippen molar-refractivity contribution in [2.45, 2.75) is 32.6 Å². The van der Waals surface area contributed by atoms with Gasteiger partial charge in [0.2, 0.25) is 0 Å². The minimum absolute atomic E-state index is 0.106. The molecule has 0 radical (unpaired) electrons. The molecule has 92 valence electrons. The van der Waals surface area contributed by atoms with Crippen LogP contribution in [0.4, 0.5) is 0 Å². The fourth-order valence-electron chi connectivity index (χ4n) is 2.55. The predicted molar refractivity (Wildman–Crippen MR) is 70.2 cm³/mol. The zero-order valence-electron chi connectivity index (χ0n) is 10.5. The number of hydrogen-bond acceptors (Lipinski definition) is 2. The molecule has 3 nitrogen and oxygen atoms in total. The van der Waals surface area contributed by atoms with E-state index in [4.69, 9.17) is 0 Å². The largest absolute Gasteiger partial charge is 0.303 e. The normalized spacial score (nSPS) is 14.3. The zero-order chi connectivity index (χ0) is 12.5. The van der Waals surface area contributed by atoms with E-state index in [0.29, 0.717) is 0 Å². The second-order valence-electron chi connectivity index (χ2n) is 4.82. The van der Waals surface area contributed by atoms with Crippen molar-refractivity contribution in [1.82, 2.24) is 9.55 Å². The maximum Gasteiger partial charge on any atom is 0.159 e. The van der Waals surface area contributed by atoms with Gasteiger partial charge in [-0.05, 0) is 56.9 Å². The standard InChI is InChI=1S/C15H16N2O/c1-11(18)12-6-8-13(9-7-12)17-10-16-14-4-2-3-5-15(14)17/h6-10H,2-5H2,1H3. The summed E-state index contributed by atoms with van der Waals surface area (Å²) < 4.78 is 2.15. The first kappa shape index (κ1) is 11.2. The maximum atomic E-state index is 11.3. The Morgan fingerprint density at radius 2 is 1.89 bits per heavy atom. The van der Waals surface area contributed by atoms with Crippen molar-refractivity contribution in [2.24, 2.45) is 0 Å². The van der Waals surface area contributed by atoms with E-state index in [1.165, 1.54) is 24.2 Å². The number of carbonyl (C=O) groups excluding carboxylic acids is 1. The van der Waals surface area contributed by atoms with E-state index in [1.54, 1.807) is 6.92 Å². The molecule has 1 heterocycles. The van der Waals surface area contributed by atoms with Gasteiger partial charge in [0.15, 0.2) is 5.78 Å². The van der Waals surface area contributed by atoms with Gasteiger partial charge in [-0.1, -0.05) is 0 Å². The Morgan fingerprint density at radius 3 is 2.61 bits per heavy atom. The molecule has 1 aliphatic rings. The van der Waals surface area contributed by atoms with Crippen LogP contribution in [0, 0.1) is 0 Å². The molecule has 0 bridgehead atoms.